The van der Waals surface area contributed by atoms with E-state index >= 15 is 0 Å². The molecule has 0 bridgehead atoms. The molecule has 19 heavy (non-hydrogen) atoms. The molecule has 0 saturated carbocycles. The maximum Gasteiger partial charge on any atom is 0.248 e. The van der Waals surface area contributed by atoms with E-state index in [9.17, 15) is 9.59 Å². The van der Waals surface area contributed by atoms with Gasteiger partial charge in [0.2, 0.25) is 11.8 Å². The lowest BCUT2D eigenvalue weighted by atomic mass is 9.89. The number of rotatable bonds is 6. The first-order chi connectivity index (χ1) is 8.85. The summed E-state index contributed by atoms with van der Waals surface area (Å²) >= 11 is 1.80. The van der Waals surface area contributed by atoms with Gasteiger partial charge in [0.05, 0.1) is 0 Å². The zero-order valence-electron chi connectivity index (χ0n) is 12.7. The third-order valence-corrected chi connectivity index (χ3v) is 4.58. The van der Waals surface area contributed by atoms with Crippen molar-refractivity contribution in [3.05, 3.63) is 0 Å². The average molecular weight is 286 g/mol. The summed E-state index contributed by atoms with van der Waals surface area (Å²) in [6, 6.07) is -0.317. The van der Waals surface area contributed by atoms with Crippen LogP contribution in [0.3, 0.4) is 0 Å². The van der Waals surface area contributed by atoms with E-state index in [4.69, 9.17) is 0 Å². The minimum absolute atomic E-state index is 0.0135. The fraction of sp³-hybridized carbons (Fsp3) is 0.857. The van der Waals surface area contributed by atoms with E-state index in [1.54, 1.807) is 30.5 Å². The number of hydrogen-bond donors (Lipinski definition) is 1. The van der Waals surface area contributed by atoms with Gasteiger partial charge in [-0.2, -0.15) is 11.8 Å². The fourth-order valence-electron chi connectivity index (χ4n) is 2.40. The van der Waals surface area contributed by atoms with Crippen LogP contribution in [0.2, 0.25) is 0 Å². The summed E-state index contributed by atoms with van der Waals surface area (Å²) in [5, 5.41) is 2.85. The number of nitrogens with one attached hydrogen (secondary N) is 1. The van der Waals surface area contributed by atoms with E-state index in [-0.39, 0.29) is 23.8 Å². The van der Waals surface area contributed by atoms with Crippen LogP contribution in [-0.2, 0) is 9.59 Å². The molecule has 1 N–H and O–H groups in total. The maximum atomic E-state index is 12.5. The summed E-state index contributed by atoms with van der Waals surface area (Å²) in [5.41, 5.74) is -0.780. The molecule has 2 atom stereocenters. The van der Waals surface area contributed by atoms with Crippen LogP contribution in [0.25, 0.3) is 0 Å². The summed E-state index contributed by atoms with van der Waals surface area (Å²) in [7, 11) is 0. The molecule has 0 spiro atoms. The Morgan fingerprint density at radius 2 is 2.00 bits per heavy atom. The van der Waals surface area contributed by atoms with Gasteiger partial charge in [-0.3, -0.25) is 9.59 Å². The Labute approximate surface area is 120 Å². The average Bonchev–Trinajstić information content (AvgIpc) is 2.34. The molecule has 2 unspecified atom stereocenters. The van der Waals surface area contributed by atoms with Crippen LogP contribution in [0.1, 0.15) is 41.0 Å². The van der Waals surface area contributed by atoms with Crippen molar-refractivity contribution in [2.24, 2.45) is 5.92 Å². The van der Waals surface area contributed by atoms with Crippen LogP contribution in [0.5, 0.6) is 0 Å². The van der Waals surface area contributed by atoms with Gasteiger partial charge in [0.25, 0.3) is 0 Å². The molecule has 1 fully saturated rings. The van der Waals surface area contributed by atoms with E-state index < -0.39 is 5.54 Å². The highest BCUT2D eigenvalue weighted by atomic mass is 32.2. The van der Waals surface area contributed by atoms with Gasteiger partial charge in [0.1, 0.15) is 11.6 Å². The van der Waals surface area contributed by atoms with Crippen LogP contribution in [0.4, 0.5) is 0 Å². The molecule has 1 aliphatic heterocycles. The van der Waals surface area contributed by atoms with Crippen molar-refractivity contribution in [2.45, 2.75) is 52.6 Å². The van der Waals surface area contributed by atoms with E-state index in [0.717, 1.165) is 17.9 Å². The first kappa shape index (κ1) is 16.3. The van der Waals surface area contributed by atoms with Crippen molar-refractivity contribution < 1.29 is 9.59 Å². The maximum absolute atomic E-state index is 12.5. The summed E-state index contributed by atoms with van der Waals surface area (Å²) in [6.07, 6.45) is 0.892. The quantitative estimate of drug-likeness (QED) is 0.759. The molecule has 1 aliphatic rings. The second kappa shape index (κ2) is 6.64. The number of thioether (sulfide) groups is 1. The molecule has 1 rings (SSSR count). The number of amides is 2. The SMILES string of the molecule is CCSCCN1C(=O)C(C)(C)NC(=O)C1C(C)CC. The van der Waals surface area contributed by atoms with Crippen LogP contribution in [-0.4, -0.2) is 46.3 Å². The Kier molecular flexibility index (Phi) is 5.71. The molecule has 4 nitrogen and oxygen atoms in total. The Hall–Kier alpha value is -0.710. The predicted octanol–water partition coefficient (Wildman–Crippen LogP) is 1.89. The third-order valence-electron chi connectivity index (χ3n) is 3.70. The van der Waals surface area contributed by atoms with E-state index in [1.807, 2.05) is 6.92 Å². The second-order valence-electron chi connectivity index (χ2n) is 5.64. The van der Waals surface area contributed by atoms with Crippen LogP contribution >= 0.6 is 11.8 Å². The number of carbonyl (C=O) groups excluding carboxylic acids is 2. The van der Waals surface area contributed by atoms with Crippen LogP contribution < -0.4 is 5.32 Å². The number of hydrogen-bond acceptors (Lipinski definition) is 3. The minimum atomic E-state index is -0.780. The third kappa shape index (κ3) is 3.65. The minimum Gasteiger partial charge on any atom is -0.340 e. The predicted molar refractivity (Wildman–Crippen MR) is 80.2 cm³/mol. The molecule has 0 aromatic carbocycles. The molecule has 5 heteroatoms. The zero-order chi connectivity index (χ0) is 14.6. The first-order valence-corrected chi connectivity index (χ1v) is 8.21. The van der Waals surface area contributed by atoms with Gasteiger partial charge in [-0.05, 0) is 25.5 Å². The summed E-state index contributed by atoms with van der Waals surface area (Å²) < 4.78 is 0. The molecule has 0 aromatic heterocycles. The highest BCUT2D eigenvalue weighted by molar-refractivity contribution is 7.99. The van der Waals surface area contributed by atoms with Gasteiger partial charge in [-0.25, -0.2) is 0 Å². The topological polar surface area (TPSA) is 49.4 Å². The summed E-state index contributed by atoms with van der Waals surface area (Å²) in [6.45, 7) is 10.4. The van der Waals surface area contributed by atoms with Gasteiger partial charge >= 0.3 is 0 Å². The zero-order valence-corrected chi connectivity index (χ0v) is 13.5. The first-order valence-electron chi connectivity index (χ1n) is 7.06. The fourth-order valence-corrected chi connectivity index (χ4v) is 3.01. The normalized spacial score (nSPS) is 24.3. The number of piperazine rings is 1. The second-order valence-corrected chi connectivity index (χ2v) is 7.03. The van der Waals surface area contributed by atoms with Gasteiger partial charge in [-0.1, -0.05) is 27.2 Å². The Morgan fingerprint density at radius 1 is 1.37 bits per heavy atom. The molecule has 2 amide bonds. The largest absolute Gasteiger partial charge is 0.340 e. The van der Waals surface area contributed by atoms with Crippen molar-refractivity contribution >= 4 is 23.6 Å². The Morgan fingerprint density at radius 3 is 2.53 bits per heavy atom. The molecule has 1 heterocycles. The van der Waals surface area contributed by atoms with Crippen LogP contribution in [0, 0.1) is 5.92 Å². The van der Waals surface area contributed by atoms with E-state index in [0.29, 0.717) is 6.54 Å². The molecule has 1 saturated heterocycles. The molecule has 0 radical (unpaired) electrons. The van der Waals surface area contributed by atoms with Gasteiger partial charge in [0, 0.05) is 12.3 Å². The lowest BCUT2D eigenvalue weighted by molar-refractivity contribution is -0.155. The van der Waals surface area contributed by atoms with Crippen molar-refractivity contribution in [3.8, 4) is 0 Å². The lowest BCUT2D eigenvalue weighted by Gasteiger charge is -2.44. The lowest BCUT2D eigenvalue weighted by Crippen LogP contribution is -2.69. The Bertz CT molecular complexity index is 344. The van der Waals surface area contributed by atoms with Gasteiger partial charge in [-0.15, -0.1) is 0 Å². The van der Waals surface area contributed by atoms with Crippen LogP contribution in [0.15, 0.2) is 0 Å². The summed E-state index contributed by atoms with van der Waals surface area (Å²) in [4.78, 5) is 26.6. The van der Waals surface area contributed by atoms with Crippen molar-refractivity contribution in [1.82, 2.24) is 10.2 Å². The standard InChI is InChI=1S/C14H26N2O2S/c1-6-10(3)11-12(17)15-14(4,5)13(18)16(11)8-9-19-7-2/h10-11H,6-9H2,1-5H3,(H,15,17). The highest BCUT2D eigenvalue weighted by Gasteiger charge is 2.46. The molecule has 0 aromatic rings. The molecule has 110 valence electrons. The van der Waals surface area contributed by atoms with Gasteiger partial charge < -0.3 is 10.2 Å². The van der Waals surface area contributed by atoms with Crippen molar-refractivity contribution in [2.75, 3.05) is 18.1 Å². The summed E-state index contributed by atoms with van der Waals surface area (Å²) in [5.74, 6) is 2.13. The monoisotopic (exact) mass is 286 g/mol. The molecular formula is C14H26N2O2S. The molecular weight excluding hydrogens is 260 g/mol. The van der Waals surface area contributed by atoms with Crippen molar-refractivity contribution in [3.63, 3.8) is 0 Å². The van der Waals surface area contributed by atoms with E-state index in [1.165, 1.54) is 0 Å². The van der Waals surface area contributed by atoms with Crippen molar-refractivity contribution in [1.29, 1.82) is 0 Å². The smallest absolute Gasteiger partial charge is 0.248 e. The highest BCUT2D eigenvalue weighted by Crippen LogP contribution is 2.24. The number of carbonyl (C=O) groups is 2. The Balaban J connectivity index is 2.91. The van der Waals surface area contributed by atoms with Gasteiger partial charge in [0.15, 0.2) is 0 Å². The number of nitrogens with zero attached hydrogens (tertiary/aromatic N) is 1. The molecule has 0 aliphatic carbocycles. The van der Waals surface area contributed by atoms with E-state index in [2.05, 4.69) is 19.2 Å².